The summed E-state index contributed by atoms with van der Waals surface area (Å²) in [6, 6.07) is -3.14. The van der Waals surface area contributed by atoms with Crippen LogP contribution in [0.1, 0.15) is 103 Å². The second-order valence-corrected chi connectivity index (χ2v) is 18.8. The number of unbranched alkanes of at least 4 members (excludes halogenated alkanes) is 9. The molecule has 21 heteroatoms. The number of thioether (sulfide) groups is 1. The molecule has 1 saturated carbocycles. The Kier molecular flexibility index (Phi) is 20.4. The molecule has 17 atom stereocenters. The van der Waals surface area contributed by atoms with Crippen molar-refractivity contribution in [1.29, 1.82) is 0 Å². The predicted molar refractivity (Wildman–Crippen MR) is 225 cm³/mol. The van der Waals surface area contributed by atoms with Crippen LogP contribution in [0.5, 0.6) is 0 Å². The highest BCUT2D eigenvalue weighted by Crippen LogP contribution is 2.34. The van der Waals surface area contributed by atoms with Crippen molar-refractivity contribution in [2.75, 3.05) is 25.4 Å². The lowest BCUT2D eigenvalue weighted by Crippen LogP contribution is -2.68. The summed E-state index contributed by atoms with van der Waals surface area (Å²) >= 11 is 1.90. The van der Waals surface area contributed by atoms with Gasteiger partial charge in [0, 0.05) is 49.0 Å². The lowest BCUT2D eigenvalue weighted by atomic mass is 9.84. The Morgan fingerprint density at radius 2 is 1.30 bits per heavy atom. The number of aliphatic hydroxyl groups is 5. The lowest BCUT2D eigenvalue weighted by molar-refractivity contribution is -0.315. The summed E-state index contributed by atoms with van der Waals surface area (Å²) in [6.07, 6.45) is 1.36. The molecule has 0 radical (unpaired) electrons. The lowest BCUT2D eigenvalue weighted by Gasteiger charge is -2.47. The average molecular weight is 891 g/mol. The first-order chi connectivity index (χ1) is 29.3. The van der Waals surface area contributed by atoms with Crippen LogP contribution in [0.25, 0.3) is 0 Å². The number of aliphatic hydroxyl groups excluding tert-OH is 5. The third-order valence-electron chi connectivity index (χ3n) is 12.7. The number of rotatable bonds is 24. The van der Waals surface area contributed by atoms with Crippen LogP contribution in [-0.4, -0.2) is 172 Å². The van der Waals surface area contributed by atoms with E-state index in [1.165, 1.54) is 0 Å². The van der Waals surface area contributed by atoms with Gasteiger partial charge >= 0.3 is 6.03 Å². The number of urea groups is 1. The molecular weight excluding hydrogens is 817 g/mol. The molecule has 0 aromatic carbocycles. The first kappa shape index (κ1) is 50.0. The van der Waals surface area contributed by atoms with E-state index in [9.17, 15) is 39.9 Å². The minimum Gasteiger partial charge on any atom is -0.394 e. The first-order valence-corrected chi connectivity index (χ1v) is 23.5. The zero-order valence-electron chi connectivity index (χ0n) is 35.3. The third kappa shape index (κ3) is 14.5. The fourth-order valence-corrected chi connectivity index (χ4v) is 10.5. The quantitative estimate of drug-likeness (QED) is 0.0355. The normalized spacial score (nSPS) is 38.7. The molecular formula is C40H74N8O12S. The number of hydrogen-bond acceptors (Lipinski definition) is 17. The summed E-state index contributed by atoms with van der Waals surface area (Å²) in [5.74, 6) is 0.913. The maximum atomic E-state index is 12.6. The predicted octanol–water partition coefficient (Wildman–Crippen LogP) is -2.40. The van der Waals surface area contributed by atoms with Crippen molar-refractivity contribution in [3.05, 3.63) is 0 Å². The van der Waals surface area contributed by atoms with Gasteiger partial charge in [-0.1, -0.05) is 51.4 Å². The van der Waals surface area contributed by atoms with Crippen molar-refractivity contribution in [3.8, 4) is 0 Å². The van der Waals surface area contributed by atoms with Gasteiger partial charge < -0.3 is 88.7 Å². The van der Waals surface area contributed by atoms with Gasteiger partial charge in [0.05, 0.1) is 36.9 Å². The van der Waals surface area contributed by atoms with Gasteiger partial charge in [-0.3, -0.25) is 9.59 Å². The third-order valence-corrected chi connectivity index (χ3v) is 14.2. The van der Waals surface area contributed by atoms with Crippen LogP contribution in [0.4, 0.5) is 4.79 Å². The van der Waals surface area contributed by atoms with Gasteiger partial charge in [0.25, 0.3) is 0 Å². The molecule has 17 N–H and O–H groups in total. The molecule has 0 unspecified atom stereocenters. The zero-order valence-corrected chi connectivity index (χ0v) is 36.1. The van der Waals surface area contributed by atoms with Gasteiger partial charge in [0.1, 0.15) is 42.7 Å². The summed E-state index contributed by atoms with van der Waals surface area (Å²) in [7, 11) is 0. The molecule has 5 fully saturated rings. The topological polar surface area (TPSA) is 341 Å². The Balaban J connectivity index is 0.876. The Bertz CT molecular complexity index is 1360. The minimum absolute atomic E-state index is 0.0305. The molecule has 61 heavy (non-hydrogen) atoms. The number of nitrogens with two attached hydrogens (primary N) is 4. The van der Waals surface area contributed by atoms with Gasteiger partial charge in [-0.25, -0.2) is 4.79 Å². The summed E-state index contributed by atoms with van der Waals surface area (Å²) in [4.78, 5) is 36.4. The van der Waals surface area contributed by atoms with E-state index in [-0.39, 0.29) is 49.3 Å². The number of amides is 4. The standard InChI is InChI=1S/C40H74N8O12S/c41-21-16-22(42)37(60-39-34(54)31(44)33(53)27(19-49)58-39)35(55)36(21)59-38-23(43)17-25(50)26(57-38)18-46-30(52)13-8-6-4-2-1-3-5-7-11-15-45-29(51)14-10-9-12-28-32-24(20-61-28)47-40(56)48-32/h21-28,31-39,49-50,53-55H,1-20,41-44H2,(H,45,51)(H,46,52)(H2,47,48,56)/t21-,22-,23-,24+,25+,26+,27+,28+,31+,32+,33-,34+,35+,36-,37-,38-,39-/m1/s1. The largest absolute Gasteiger partial charge is 0.394 e. The molecule has 4 saturated heterocycles. The Hall–Kier alpha value is -1.96. The van der Waals surface area contributed by atoms with E-state index >= 15 is 0 Å². The van der Waals surface area contributed by atoms with Crippen molar-refractivity contribution in [3.63, 3.8) is 0 Å². The monoisotopic (exact) mass is 891 g/mol. The van der Waals surface area contributed by atoms with E-state index in [0.29, 0.717) is 24.6 Å². The number of fused-ring (bicyclic) bond motifs is 1. The molecule has 5 rings (SSSR count). The highest BCUT2D eigenvalue weighted by atomic mass is 32.2. The molecule has 1 aliphatic carbocycles. The Morgan fingerprint density at radius 3 is 1.97 bits per heavy atom. The van der Waals surface area contributed by atoms with Crippen LogP contribution >= 0.6 is 11.8 Å². The van der Waals surface area contributed by atoms with Gasteiger partial charge in [-0.05, 0) is 38.5 Å². The van der Waals surface area contributed by atoms with Crippen LogP contribution in [0.15, 0.2) is 0 Å². The number of ether oxygens (including phenoxy) is 4. The molecule has 5 aliphatic rings. The SMILES string of the molecule is N[C@@H]1[C@H](O)[C@@H](O[C@H]2[C@@H](O)[C@H](O[C@H]3O[C@@H](CNC(=O)CCCCCCCCCCCNC(=O)CCCC[C@@H]4SC[C@@H]5NC(=O)N[C@@H]54)[C@@H](O)C[C@H]3N)[C@H](N)C[C@H]2N)O[C@@H](CO)[C@H]1O. The maximum absolute atomic E-state index is 12.6. The molecule has 0 spiro atoms. The maximum Gasteiger partial charge on any atom is 0.315 e. The molecule has 0 aromatic rings. The van der Waals surface area contributed by atoms with E-state index in [2.05, 4.69) is 21.3 Å². The molecule has 4 heterocycles. The smallest absolute Gasteiger partial charge is 0.315 e. The summed E-state index contributed by atoms with van der Waals surface area (Å²) in [5, 5.41) is 64.6. The van der Waals surface area contributed by atoms with Gasteiger partial charge in [-0.15, -0.1) is 0 Å². The Labute approximate surface area is 363 Å². The summed E-state index contributed by atoms with van der Waals surface area (Å²) in [6.45, 7) is 0.159. The van der Waals surface area contributed by atoms with Crippen molar-refractivity contribution in [2.24, 2.45) is 22.9 Å². The molecule has 0 bridgehead atoms. The first-order valence-electron chi connectivity index (χ1n) is 22.5. The second-order valence-electron chi connectivity index (χ2n) is 17.5. The molecule has 20 nitrogen and oxygen atoms in total. The van der Waals surface area contributed by atoms with E-state index in [1.807, 2.05) is 11.8 Å². The fraction of sp³-hybridized carbons (Fsp3) is 0.925. The number of hydrogen-bond donors (Lipinski definition) is 13. The van der Waals surface area contributed by atoms with Crippen molar-refractivity contribution in [1.82, 2.24) is 21.3 Å². The fourth-order valence-electron chi connectivity index (χ4n) is 8.94. The number of carbonyl (C=O) groups is 3. The van der Waals surface area contributed by atoms with Crippen LogP contribution in [0.2, 0.25) is 0 Å². The van der Waals surface area contributed by atoms with Crippen LogP contribution in [0, 0.1) is 0 Å². The zero-order chi connectivity index (χ0) is 44.1. The molecule has 0 aromatic heterocycles. The van der Waals surface area contributed by atoms with Gasteiger partial charge in [0.2, 0.25) is 11.8 Å². The Morgan fingerprint density at radius 1 is 0.705 bits per heavy atom. The van der Waals surface area contributed by atoms with Crippen LogP contribution in [-0.2, 0) is 28.5 Å². The molecule has 4 amide bonds. The number of nitrogens with one attached hydrogen (secondary N) is 4. The highest BCUT2D eigenvalue weighted by molar-refractivity contribution is 8.00. The van der Waals surface area contributed by atoms with E-state index < -0.39 is 92.2 Å². The van der Waals surface area contributed by atoms with Crippen molar-refractivity contribution in [2.45, 2.75) is 206 Å². The van der Waals surface area contributed by atoms with E-state index in [0.717, 1.165) is 82.8 Å². The van der Waals surface area contributed by atoms with Crippen molar-refractivity contribution >= 4 is 29.6 Å². The van der Waals surface area contributed by atoms with E-state index in [4.69, 9.17) is 41.9 Å². The van der Waals surface area contributed by atoms with Gasteiger partial charge in [0.15, 0.2) is 12.6 Å². The van der Waals surface area contributed by atoms with E-state index in [1.54, 1.807) is 0 Å². The molecule has 352 valence electrons. The molecule has 4 aliphatic heterocycles. The summed E-state index contributed by atoms with van der Waals surface area (Å²) < 4.78 is 23.5. The summed E-state index contributed by atoms with van der Waals surface area (Å²) in [5.41, 5.74) is 24.8. The van der Waals surface area contributed by atoms with Crippen LogP contribution < -0.4 is 44.2 Å². The van der Waals surface area contributed by atoms with Gasteiger partial charge in [-0.2, -0.15) is 11.8 Å². The van der Waals surface area contributed by atoms with Crippen LogP contribution in [0.3, 0.4) is 0 Å². The number of carbonyl (C=O) groups excluding carboxylic acids is 3. The average Bonchev–Trinajstić information content (AvgIpc) is 3.79. The highest BCUT2D eigenvalue weighted by Gasteiger charge is 2.50. The minimum atomic E-state index is -1.49. The van der Waals surface area contributed by atoms with Crippen molar-refractivity contribution < 1.29 is 58.9 Å². The second kappa shape index (κ2) is 24.9.